The van der Waals surface area contributed by atoms with E-state index in [9.17, 15) is 14.7 Å². The monoisotopic (exact) mass is 401 g/mol. The number of aromatic carboxylic acids is 1. The summed E-state index contributed by atoms with van der Waals surface area (Å²) in [6, 6.07) is 10.2. The maximum absolute atomic E-state index is 12.2. The van der Waals surface area contributed by atoms with Crippen molar-refractivity contribution in [3.8, 4) is 11.3 Å². The number of benzene rings is 1. The fourth-order valence-electron chi connectivity index (χ4n) is 4.07. The standard InChI is InChI=1S/C21H23N3O3.ClH/c1-3-12-10-15(21(26)27)20(25)23-19(12)13-6-7-17-14(9-13)11-18(24(17)2)16-5-4-8-22-16;/h6-7,9-11,16,22H,3-5,8H2,1-2H3,(H,23,25)(H,26,27);1H/t16-;/m0./s1. The molecular weight excluding hydrogens is 378 g/mol. The van der Waals surface area contributed by atoms with Gasteiger partial charge in [-0.3, -0.25) is 4.79 Å². The molecule has 1 aliphatic heterocycles. The highest BCUT2D eigenvalue weighted by Gasteiger charge is 2.21. The number of rotatable bonds is 4. The lowest BCUT2D eigenvalue weighted by molar-refractivity contribution is 0.0695. The molecule has 4 rings (SSSR count). The van der Waals surface area contributed by atoms with Crippen molar-refractivity contribution in [3.63, 3.8) is 0 Å². The summed E-state index contributed by atoms with van der Waals surface area (Å²) in [5, 5.41) is 13.9. The third-order valence-corrected chi connectivity index (χ3v) is 5.52. The van der Waals surface area contributed by atoms with Crippen LogP contribution >= 0.6 is 12.4 Å². The predicted octanol–water partition coefficient (Wildman–Crippen LogP) is 3.64. The Morgan fingerprint density at radius 2 is 2.07 bits per heavy atom. The number of nitrogens with zero attached hydrogens (tertiary/aromatic N) is 1. The lowest BCUT2D eigenvalue weighted by atomic mass is 10.0. The zero-order valence-electron chi connectivity index (χ0n) is 15.9. The van der Waals surface area contributed by atoms with Crippen molar-refractivity contribution in [2.24, 2.45) is 7.05 Å². The van der Waals surface area contributed by atoms with Crippen LogP contribution in [0.25, 0.3) is 22.2 Å². The number of aromatic nitrogens is 2. The largest absolute Gasteiger partial charge is 0.477 e. The van der Waals surface area contributed by atoms with E-state index in [1.54, 1.807) is 0 Å². The number of nitrogens with one attached hydrogen (secondary N) is 2. The molecule has 28 heavy (non-hydrogen) atoms. The Hall–Kier alpha value is -2.57. The topological polar surface area (TPSA) is 87.1 Å². The van der Waals surface area contributed by atoms with Gasteiger partial charge in [0.15, 0.2) is 0 Å². The van der Waals surface area contributed by atoms with Crippen molar-refractivity contribution in [2.45, 2.75) is 32.2 Å². The lowest BCUT2D eigenvalue weighted by Crippen LogP contribution is -2.19. The van der Waals surface area contributed by atoms with E-state index in [4.69, 9.17) is 0 Å². The molecule has 7 heteroatoms. The van der Waals surface area contributed by atoms with Gasteiger partial charge in [0.1, 0.15) is 5.56 Å². The van der Waals surface area contributed by atoms with Crippen molar-refractivity contribution >= 4 is 29.3 Å². The summed E-state index contributed by atoms with van der Waals surface area (Å²) < 4.78 is 2.22. The van der Waals surface area contributed by atoms with Gasteiger partial charge in [-0.15, -0.1) is 12.4 Å². The van der Waals surface area contributed by atoms with Crippen LogP contribution in [0.4, 0.5) is 0 Å². The van der Waals surface area contributed by atoms with Gasteiger partial charge in [-0.2, -0.15) is 0 Å². The molecule has 148 valence electrons. The lowest BCUT2D eigenvalue weighted by Gasteiger charge is -2.12. The van der Waals surface area contributed by atoms with Crippen molar-refractivity contribution in [3.05, 3.63) is 57.5 Å². The zero-order chi connectivity index (χ0) is 19.1. The van der Waals surface area contributed by atoms with Crippen LogP contribution < -0.4 is 10.9 Å². The van der Waals surface area contributed by atoms with Crippen LogP contribution in [-0.2, 0) is 13.5 Å². The first-order valence-electron chi connectivity index (χ1n) is 9.32. The Balaban J connectivity index is 0.00000225. The first-order valence-corrected chi connectivity index (χ1v) is 9.32. The number of carbonyl (C=O) groups is 1. The Bertz CT molecular complexity index is 1090. The van der Waals surface area contributed by atoms with Crippen LogP contribution in [0.3, 0.4) is 0 Å². The van der Waals surface area contributed by atoms with Gasteiger partial charge >= 0.3 is 5.97 Å². The van der Waals surface area contributed by atoms with Gasteiger partial charge in [-0.25, -0.2) is 4.79 Å². The number of fused-ring (bicyclic) bond motifs is 1. The molecule has 1 saturated heterocycles. The van der Waals surface area contributed by atoms with E-state index in [1.165, 1.54) is 18.2 Å². The summed E-state index contributed by atoms with van der Waals surface area (Å²) in [5.41, 5.74) is 4.03. The van der Waals surface area contributed by atoms with Gasteiger partial charge in [0.2, 0.25) is 0 Å². The van der Waals surface area contributed by atoms with E-state index in [-0.39, 0.29) is 18.0 Å². The number of aryl methyl sites for hydroxylation is 2. The maximum atomic E-state index is 12.2. The van der Waals surface area contributed by atoms with Crippen molar-refractivity contribution in [1.29, 1.82) is 0 Å². The van der Waals surface area contributed by atoms with Gasteiger partial charge in [0.25, 0.3) is 5.56 Å². The normalized spacial score (nSPS) is 16.3. The highest BCUT2D eigenvalue weighted by Crippen LogP contribution is 2.31. The number of hydrogen-bond donors (Lipinski definition) is 3. The molecule has 6 nitrogen and oxygen atoms in total. The molecule has 3 N–H and O–H groups in total. The number of aromatic amines is 1. The Kier molecular flexibility index (Phi) is 5.63. The number of carboxylic acid groups (broad SMARTS) is 1. The van der Waals surface area contributed by atoms with Crippen molar-refractivity contribution in [2.75, 3.05) is 6.54 Å². The number of halogens is 1. The number of H-pyrrole nitrogens is 1. The molecule has 0 unspecified atom stereocenters. The summed E-state index contributed by atoms with van der Waals surface area (Å²) >= 11 is 0. The van der Waals surface area contributed by atoms with Crippen LogP contribution in [0.5, 0.6) is 0 Å². The number of carboxylic acids is 1. The number of pyridine rings is 1. The molecule has 1 aliphatic rings. The molecular formula is C21H24ClN3O3. The molecule has 2 aromatic heterocycles. The molecule has 0 saturated carbocycles. The molecule has 1 atom stereocenters. The smallest absolute Gasteiger partial charge is 0.341 e. The van der Waals surface area contributed by atoms with E-state index in [2.05, 4.69) is 40.1 Å². The van der Waals surface area contributed by atoms with Gasteiger partial charge in [-0.1, -0.05) is 13.0 Å². The Morgan fingerprint density at radius 3 is 2.71 bits per heavy atom. The molecule has 0 radical (unpaired) electrons. The summed E-state index contributed by atoms with van der Waals surface area (Å²) in [6.45, 7) is 3.00. The third-order valence-electron chi connectivity index (χ3n) is 5.52. The molecule has 3 aromatic rings. The summed E-state index contributed by atoms with van der Waals surface area (Å²) in [7, 11) is 2.08. The quantitative estimate of drug-likeness (QED) is 0.622. The van der Waals surface area contributed by atoms with Gasteiger partial charge in [0, 0.05) is 29.7 Å². The van der Waals surface area contributed by atoms with Crippen LogP contribution in [0.2, 0.25) is 0 Å². The molecule has 1 aromatic carbocycles. The highest BCUT2D eigenvalue weighted by molar-refractivity contribution is 5.89. The summed E-state index contributed by atoms with van der Waals surface area (Å²) in [6.07, 6.45) is 2.96. The second-order valence-electron chi connectivity index (χ2n) is 7.12. The fourth-order valence-corrected chi connectivity index (χ4v) is 4.07. The molecule has 3 heterocycles. The van der Waals surface area contributed by atoms with Gasteiger partial charge in [0.05, 0.1) is 5.69 Å². The molecule has 0 amide bonds. The van der Waals surface area contributed by atoms with Crippen LogP contribution in [-0.4, -0.2) is 27.2 Å². The first kappa shape index (κ1) is 20.2. The van der Waals surface area contributed by atoms with Gasteiger partial charge in [-0.05, 0) is 61.2 Å². The summed E-state index contributed by atoms with van der Waals surface area (Å²) in [5.74, 6) is -1.20. The van der Waals surface area contributed by atoms with Crippen molar-refractivity contribution < 1.29 is 9.90 Å². The van der Waals surface area contributed by atoms with E-state index >= 15 is 0 Å². The Morgan fingerprint density at radius 1 is 1.29 bits per heavy atom. The fraction of sp³-hybridized carbons (Fsp3) is 0.333. The highest BCUT2D eigenvalue weighted by atomic mass is 35.5. The molecule has 0 aliphatic carbocycles. The van der Waals surface area contributed by atoms with E-state index in [0.717, 1.165) is 35.0 Å². The third kappa shape index (κ3) is 3.34. The predicted molar refractivity (Wildman–Crippen MR) is 113 cm³/mol. The Labute approximate surface area is 169 Å². The number of hydrogen-bond acceptors (Lipinski definition) is 3. The van der Waals surface area contributed by atoms with Crippen LogP contribution in [0.15, 0.2) is 35.1 Å². The second kappa shape index (κ2) is 7.81. The maximum Gasteiger partial charge on any atom is 0.341 e. The first-order chi connectivity index (χ1) is 13.0. The average Bonchev–Trinajstić information content (AvgIpc) is 3.29. The molecule has 0 bridgehead atoms. The SMILES string of the molecule is CCc1cc(C(=O)O)c(=O)[nH]c1-c1ccc2c(c1)cc([C@@H]1CCCN1)n2C.Cl. The molecule has 1 fully saturated rings. The van der Waals surface area contributed by atoms with E-state index in [0.29, 0.717) is 18.2 Å². The van der Waals surface area contributed by atoms with Crippen LogP contribution in [0, 0.1) is 0 Å². The minimum Gasteiger partial charge on any atom is -0.477 e. The minimum atomic E-state index is -1.20. The second-order valence-corrected chi connectivity index (χ2v) is 7.12. The minimum absolute atomic E-state index is 0. The van der Waals surface area contributed by atoms with Crippen LogP contribution in [0.1, 0.15) is 47.4 Å². The zero-order valence-corrected chi connectivity index (χ0v) is 16.7. The summed E-state index contributed by atoms with van der Waals surface area (Å²) in [4.78, 5) is 26.2. The van der Waals surface area contributed by atoms with Crippen molar-refractivity contribution in [1.82, 2.24) is 14.9 Å². The van der Waals surface area contributed by atoms with Gasteiger partial charge < -0.3 is 20.0 Å². The molecule has 0 spiro atoms. The van der Waals surface area contributed by atoms with E-state index < -0.39 is 11.5 Å². The average molecular weight is 402 g/mol. The van der Waals surface area contributed by atoms with E-state index in [1.807, 2.05) is 13.0 Å².